The van der Waals surface area contributed by atoms with Gasteiger partial charge in [0.15, 0.2) is 0 Å². The van der Waals surface area contributed by atoms with Crippen LogP contribution in [-0.2, 0) is 21.4 Å². The van der Waals surface area contributed by atoms with Crippen molar-refractivity contribution in [3.05, 3.63) is 5.01 Å². The molecule has 0 saturated carbocycles. The van der Waals surface area contributed by atoms with Gasteiger partial charge in [-0.05, 0) is 19.3 Å². The van der Waals surface area contributed by atoms with Crippen LogP contribution in [0.2, 0.25) is 0 Å². The molecule has 0 aromatic carbocycles. The van der Waals surface area contributed by atoms with E-state index in [4.69, 9.17) is 5.11 Å². The molecule has 10 heteroatoms. The van der Waals surface area contributed by atoms with Gasteiger partial charge in [0.2, 0.25) is 5.13 Å². The van der Waals surface area contributed by atoms with Gasteiger partial charge in [0.25, 0.3) is 0 Å². The third-order valence-electron chi connectivity index (χ3n) is 3.13. The highest BCUT2D eigenvalue weighted by Crippen LogP contribution is 2.22. The van der Waals surface area contributed by atoms with Crippen LogP contribution in [0.5, 0.6) is 0 Å². The van der Waals surface area contributed by atoms with E-state index in [-0.39, 0.29) is 18.2 Å². The number of piperidine rings is 1. The van der Waals surface area contributed by atoms with Crippen LogP contribution in [0.25, 0.3) is 0 Å². The maximum absolute atomic E-state index is 12.1. The Kier molecular flexibility index (Phi) is 4.55. The predicted octanol–water partition coefficient (Wildman–Crippen LogP) is 0.554. The first-order valence-corrected chi connectivity index (χ1v) is 8.51. The molecule has 2 rings (SSSR count). The first-order valence-electron chi connectivity index (χ1n) is 6.25. The molecule has 1 aliphatic rings. The van der Waals surface area contributed by atoms with Crippen LogP contribution in [0, 0.1) is 5.92 Å². The number of hydrogen-bond donors (Lipinski definition) is 2. The van der Waals surface area contributed by atoms with E-state index in [0.717, 1.165) is 5.01 Å². The van der Waals surface area contributed by atoms with Gasteiger partial charge >= 0.3 is 16.2 Å². The summed E-state index contributed by atoms with van der Waals surface area (Å²) in [5.41, 5.74) is 0. The number of nitrogens with zero attached hydrogens (tertiary/aromatic N) is 3. The minimum absolute atomic E-state index is 0.200. The fraction of sp³-hybridized carbons (Fsp3) is 0.700. The molecule has 8 nitrogen and oxygen atoms in total. The first kappa shape index (κ1) is 15.1. The smallest absolute Gasteiger partial charge is 0.306 e. The van der Waals surface area contributed by atoms with Crippen molar-refractivity contribution in [1.29, 1.82) is 0 Å². The quantitative estimate of drug-likeness (QED) is 0.819. The van der Waals surface area contributed by atoms with Crippen molar-refractivity contribution < 1.29 is 18.3 Å². The SMILES string of the molecule is CCc1nnc(NS(=O)(=O)N2CCC(C(=O)O)CC2)s1. The molecule has 1 fully saturated rings. The number of aromatic nitrogens is 2. The fourth-order valence-electron chi connectivity index (χ4n) is 1.96. The molecule has 0 aliphatic carbocycles. The molecule has 1 aromatic heterocycles. The van der Waals surface area contributed by atoms with Gasteiger partial charge in [-0.25, -0.2) is 4.72 Å². The minimum atomic E-state index is -3.68. The maximum Gasteiger partial charge on any atom is 0.306 e. The third kappa shape index (κ3) is 3.44. The highest BCUT2D eigenvalue weighted by Gasteiger charge is 2.31. The van der Waals surface area contributed by atoms with Gasteiger partial charge < -0.3 is 5.11 Å². The van der Waals surface area contributed by atoms with Crippen LogP contribution >= 0.6 is 11.3 Å². The van der Waals surface area contributed by atoms with E-state index in [0.29, 0.717) is 19.3 Å². The van der Waals surface area contributed by atoms with Crippen LogP contribution in [0.15, 0.2) is 0 Å². The van der Waals surface area contributed by atoms with Crippen molar-refractivity contribution in [2.75, 3.05) is 17.8 Å². The molecule has 2 heterocycles. The van der Waals surface area contributed by atoms with Gasteiger partial charge in [-0.15, -0.1) is 10.2 Å². The van der Waals surface area contributed by atoms with Crippen molar-refractivity contribution in [3.63, 3.8) is 0 Å². The Labute approximate surface area is 121 Å². The molecule has 0 unspecified atom stereocenters. The van der Waals surface area contributed by atoms with Crippen molar-refractivity contribution in [2.24, 2.45) is 5.92 Å². The van der Waals surface area contributed by atoms with Crippen molar-refractivity contribution in [3.8, 4) is 0 Å². The predicted molar refractivity (Wildman–Crippen MR) is 73.8 cm³/mol. The number of aryl methyl sites for hydroxylation is 1. The number of hydrogen-bond acceptors (Lipinski definition) is 6. The zero-order chi connectivity index (χ0) is 14.8. The zero-order valence-corrected chi connectivity index (χ0v) is 12.6. The Balaban J connectivity index is 1.99. The Hall–Kier alpha value is -1.26. The average Bonchev–Trinajstić information content (AvgIpc) is 2.85. The molecule has 112 valence electrons. The number of carbonyl (C=O) groups is 1. The van der Waals surface area contributed by atoms with E-state index in [1.807, 2.05) is 6.92 Å². The van der Waals surface area contributed by atoms with Gasteiger partial charge in [0.05, 0.1) is 5.92 Å². The molecule has 0 spiro atoms. The summed E-state index contributed by atoms with van der Waals surface area (Å²) < 4.78 is 27.9. The van der Waals surface area contributed by atoms with E-state index in [2.05, 4.69) is 14.9 Å². The van der Waals surface area contributed by atoms with Gasteiger partial charge in [-0.2, -0.15) is 12.7 Å². The van der Waals surface area contributed by atoms with Gasteiger partial charge in [0.1, 0.15) is 5.01 Å². The van der Waals surface area contributed by atoms with E-state index in [9.17, 15) is 13.2 Å². The van der Waals surface area contributed by atoms with Crippen molar-refractivity contribution >= 4 is 32.6 Å². The largest absolute Gasteiger partial charge is 0.481 e. The summed E-state index contributed by atoms with van der Waals surface area (Å²) in [4.78, 5) is 10.8. The minimum Gasteiger partial charge on any atom is -0.481 e. The Morgan fingerprint density at radius 1 is 1.45 bits per heavy atom. The lowest BCUT2D eigenvalue weighted by molar-refractivity contribution is -0.142. The lowest BCUT2D eigenvalue weighted by atomic mass is 9.99. The standard InChI is InChI=1S/C10H16N4O4S2/c1-2-8-11-12-10(19-8)13-20(17,18)14-5-3-7(4-6-14)9(15)16/h7H,2-6H2,1H3,(H,12,13)(H,15,16). The summed E-state index contributed by atoms with van der Waals surface area (Å²) in [5, 5.41) is 17.5. The summed E-state index contributed by atoms with van der Waals surface area (Å²) in [7, 11) is -3.68. The molecule has 0 radical (unpaired) electrons. The molecule has 1 aromatic rings. The van der Waals surface area contributed by atoms with Crippen molar-refractivity contribution in [1.82, 2.24) is 14.5 Å². The summed E-state index contributed by atoms with van der Waals surface area (Å²) in [6.07, 6.45) is 1.35. The van der Waals surface area contributed by atoms with E-state index >= 15 is 0 Å². The number of aliphatic carboxylic acids is 1. The van der Waals surface area contributed by atoms with Crippen molar-refractivity contribution in [2.45, 2.75) is 26.2 Å². The topological polar surface area (TPSA) is 112 Å². The van der Waals surface area contributed by atoms with E-state index in [1.165, 1.54) is 15.6 Å². The first-order chi connectivity index (χ1) is 9.42. The third-order valence-corrected chi connectivity index (χ3v) is 5.74. The molecule has 1 saturated heterocycles. The van der Waals surface area contributed by atoms with Gasteiger partial charge in [0, 0.05) is 13.1 Å². The van der Waals surface area contributed by atoms with Crippen LogP contribution < -0.4 is 4.72 Å². The fourth-order valence-corrected chi connectivity index (χ4v) is 4.05. The van der Waals surface area contributed by atoms with Gasteiger partial charge in [-0.1, -0.05) is 18.3 Å². The van der Waals surface area contributed by atoms with Crippen LogP contribution in [0.3, 0.4) is 0 Å². The van der Waals surface area contributed by atoms with E-state index < -0.39 is 22.1 Å². The summed E-state index contributed by atoms with van der Waals surface area (Å²) in [6, 6.07) is 0. The van der Waals surface area contributed by atoms with Crippen LogP contribution in [-0.4, -0.2) is 47.1 Å². The summed E-state index contributed by atoms with van der Waals surface area (Å²) >= 11 is 1.20. The summed E-state index contributed by atoms with van der Waals surface area (Å²) in [6.45, 7) is 2.31. The molecule has 20 heavy (non-hydrogen) atoms. The molecule has 0 atom stereocenters. The van der Waals surface area contributed by atoms with Gasteiger partial charge in [-0.3, -0.25) is 4.79 Å². The zero-order valence-electron chi connectivity index (χ0n) is 10.9. The highest BCUT2D eigenvalue weighted by molar-refractivity contribution is 7.90. The molecular weight excluding hydrogens is 304 g/mol. The Morgan fingerprint density at radius 3 is 2.60 bits per heavy atom. The second-order valence-corrected chi connectivity index (χ2v) is 7.21. The molecule has 0 amide bonds. The molecule has 1 aliphatic heterocycles. The lowest BCUT2D eigenvalue weighted by Gasteiger charge is -2.28. The number of carboxylic acid groups (broad SMARTS) is 1. The average molecular weight is 320 g/mol. The number of rotatable bonds is 5. The normalized spacial score (nSPS) is 18.1. The molecule has 2 N–H and O–H groups in total. The number of nitrogens with one attached hydrogen (secondary N) is 1. The Bertz CT molecular complexity index is 578. The monoisotopic (exact) mass is 320 g/mol. The lowest BCUT2D eigenvalue weighted by Crippen LogP contribution is -2.42. The van der Waals surface area contributed by atoms with E-state index in [1.54, 1.807) is 0 Å². The maximum atomic E-state index is 12.1. The number of anilines is 1. The van der Waals surface area contributed by atoms with Crippen LogP contribution in [0.1, 0.15) is 24.8 Å². The van der Waals surface area contributed by atoms with Crippen LogP contribution in [0.4, 0.5) is 5.13 Å². The second-order valence-electron chi connectivity index (χ2n) is 4.47. The molecular formula is C10H16N4O4S2. The molecule has 0 bridgehead atoms. The summed E-state index contributed by atoms with van der Waals surface area (Å²) in [5.74, 6) is -1.33. The number of carboxylic acids is 1. The highest BCUT2D eigenvalue weighted by atomic mass is 32.2. The Morgan fingerprint density at radius 2 is 2.10 bits per heavy atom. The second kappa shape index (κ2) is 6.02.